The van der Waals surface area contributed by atoms with Gasteiger partial charge in [-0.25, -0.2) is 4.39 Å². The van der Waals surface area contributed by atoms with Gasteiger partial charge in [-0.15, -0.1) is 0 Å². The molecule has 2 atom stereocenters. The maximum absolute atomic E-state index is 14.1. The van der Waals surface area contributed by atoms with Gasteiger partial charge in [-0.3, -0.25) is 0 Å². The Morgan fingerprint density at radius 2 is 2.30 bits per heavy atom. The summed E-state index contributed by atoms with van der Waals surface area (Å²) < 4.78 is 29.8. The Kier molecular flexibility index (Phi) is 5.07. The summed E-state index contributed by atoms with van der Waals surface area (Å²) in [6.07, 6.45) is 0.464. The molecule has 0 amide bonds. The fraction of sp³-hybridized carbons (Fsp3) is 0.533. The van der Waals surface area contributed by atoms with Gasteiger partial charge in [-0.1, -0.05) is 18.2 Å². The monoisotopic (exact) mass is 279 g/mol. The number of nitrogens with zero attached hydrogens (tertiary/aromatic N) is 1. The molecule has 108 valence electrons. The molecule has 1 saturated heterocycles. The summed E-state index contributed by atoms with van der Waals surface area (Å²) in [6.45, 7) is 1.28. The van der Waals surface area contributed by atoms with E-state index in [0.717, 1.165) is 0 Å². The molecule has 5 heteroatoms. The van der Waals surface area contributed by atoms with Crippen molar-refractivity contribution in [3.8, 4) is 6.07 Å². The van der Waals surface area contributed by atoms with Gasteiger partial charge in [0.05, 0.1) is 24.7 Å². The second-order valence-electron chi connectivity index (χ2n) is 4.86. The lowest BCUT2D eigenvalue weighted by Gasteiger charge is -2.39. The van der Waals surface area contributed by atoms with Crippen LogP contribution in [0.1, 0.15) is 12.0 Å². The van der Waals surface area contributed by atoms with Crippen molar-refractivity contribution >= 4 is 0 Å². The van der Waals surface area contributed by atoms with Gasteiger partial charge in [0.1, 0.15) is 12.6 Å². The highest BCUT2D eigenvalue weighted by molar-refractivity contribution is 5.35. The molecule has 0 N–H and O–H groups in total. The lowest BCUT2D eigenvalue weighted by Crippen LogP contribution is -2.45. The van der Waals surface area contributed by atoms with E-state index < -0.39 is 5.41 Å². The SMILES string of the molecule is COCOCC1COCC[C@@]1(C#N)c1ccccc1F. The second-order valence-corrected chi connectivity index (χ2v) is 4.86. The van der Waals surface area contributed by atoms with E-state index in [-0.39, 0.29) is 18.5 Å². The molecule has 1 fully saturated rings. The smallest absolute Gasteiger partial charge is 0.146 e. The van der Waals surface area contributed by atoms with Crippen LogP contribution in [-0.4, -0.2) is 33.7 Å². The normalized spacial score (nSPS) is 26.1. The summed E-state index contributed by atoms with van der Waals surface area (Å²) >= 11 is 0. The summed E-state index contributed by atoms with van der Waals surface area (Å²) in [5.74, 6) is -0.569. The van der Waals surface area contributed by atoms with Gasteiger partial charge >= 0.3 is 0 Å². The first-order chi connectivity index (χ1) is 9.74. The topological polar surface area (TPSA) is 51.5 Å². The number of hydrogen-bond donors (Lipinski definition) is 0. The third kappa shape index (κ3) is 2.83. The van der Waals surface area contributed by atoms with Crippen LogP contribution < -0.4 is 0 Å². The van der Waals surface area contributed by atoms with Crippen LogP contribution in [-0.2, 0) is 19.6 Å². The van der Waals surface area contributed by atoms with Gasteiger partial charge in [0.25, 0.3) is 0 Å². The Hall–Kier alpha value is -1.48. The van der Waals surface area contributed by atoms with Crippen LogP contribution in [0.5, 0.6) is 0 Å². The number of ether oxygens (including phenoxy) is 3. The Bertz CT molecular complexity index is 488. The van der Waals surface area contributed by atoms with Gasteiger partial charge in [-0.2, -0.15) is 5.26 Å². The summed E-state index contributed by atoms with van der Waals surface area (Å²) in [5, 5.41) is 9.69. The molecule has 1 unspecified atom stereocenters. The Labute approximate surface area is 118 Å². The lowest BCUT2D eigenvalue weighted by atomic mass is 9.68. The van der Waals surface area contributed by atoms with Crippen LogP contribution in [0, 0.1) is 23.1 Å². The molecule has 1 aromatic carbocycles. The fourth-order valence-electron chi connectivity index (χ4n) is 2.65. The molecular formula is C15H18FNO3. The maximum Gasteiger partial charge on any atom is 0.146 e. The van der Waals surface area contributed by atoms with E-state index in [9.17, 15) is 9.65 Å². The summed E-state index contributed by atoms with van der Waals surface area (Å²) in [6, 6.07) is 8.75. The van der Waals surface area contributed by atoms with E-state index in [1.807, 2.05) is 0 Å². The zero-order valence-corrected chi connectivity index (χ0v) is 11.5. The average Bonchev–Trinajstić information content (AvgIpc) is 2.49. The first kappa shape index (κ1) is 14.9. The quantitative estimate of drug-likeness (QED) is 0.612. The first-order valence-corrected chi connectivity index (χ1v) is 6.55. The van der Waals surface area contributed by atoms with E-state index in [4.69, 9.17) is 14.2 Å². The molecule has 0 spiro atoms. The molecule has 20 heavy (non-hydrogen) atoms. The van der Waals surface area contributed by atoms with E-state index >= 15 is 0 Å². The molecule has 1 heterocycles. The number of nitriles is 1. The van der Waals surface area contributed by atoms with Crippen molar-refractivity contribution in [1.29, 1.82) is 5.26 Å². The minimum Gasteiger partial charge on any atom is -0.381 e. The first-order valence-electron chi connectivity index (χ1n) is 6.55. The molecule has 4 nitrogen and oxygen atoms in total. The van der Waals surface area contributed by atoms with Crippen LogP contribution in [0.2, 0.25) is 0 Å². The molecule has 0 saturated carbocycles. The minimum atomic E-state index is -0.905. The molecule has 0 bridgehead atoms. The van der Waals surface area contributed by atoms with Gasteiger partial charge in [0.15, 0.2) is 0 Å². The van der Waals surface area contributed by atoms with E-state index in [0.29, 0.717) is 31.8 Å². The number of hydrogen-bond acceptors (Lipinski definition) is 4. The molecule has 1 aliphatic rings. The van der Waals surface area contributed by atoms with E-state index in [1.54, 1.807) is 18.2 Å². The van der Waals surface area contributed by atoms with Crippen molar-refractivity contribution in [2.45, 2.75) is 11.8 Å². The third-order valence-corrected chi connectivity index (χ3v) is 3.73. The lowest BCUT2D eigenvalue weighted by molar-refractivity contribution is -0.0788. The van der Waals surface area contributed by atoms with Gasteiger partial charge < -0.3 is 14.2 Å². The summed E-state index contributed by atoms with van der Waals surface area (Å²) in [7, 11) is 1.53. The summed E-state index contributed by atoms with van der Waals surface area (Å²) in [5.41, 5.74) is -0.478. The number of benzene rings is 1. The van der Waals surface area contributed by atoms with Crippen molar-refractivity contribution in [3.05, 3.63) is 35.6 Å². The maximum atomic E-state index is 14.1. The van der Waals surface area contributed by atoms with E-state index in [2.05, 4.69) is 6.07 Å². The molecule has 0 aromatic heterocycles. The predicted molar refractivity (Wildman–Crippen MR) is 70.4 cm³/mol. The van der Waals surface area contributed by atoms with Crippen molar-refractivity contribution in [3.63, 3.8) is 0 Å². The third-order valence-electron chi connectivity index (χ3n) is 3.73. The zero-order chi connectivity index (χ0) is 14.4. The van der Waals surface area contributed by atoms with Crippen LogP contribution in [0.3, 0.4) is 0 Å². The predicted octanol–water partition coefficient (Wildman–Crippen LogP) is 2.24. The van der Waals surface area contributed by atoms with Crippen LogP contribution >= 0.6 is 0 Å². The molecule has 1 aromatic rings. The van der Waals surface area contributed by atoms with Crippen molar-refractivity contribution in [1.82, 2.24) is 0 Å². The fourth-order valence-corrected chi connectivity index (χ4v) is 2.65. The van der Waals surface area contributed by atoms with Crippen LogP contribution in [0.15, 0.2) is 24.3 Å². The van der Waals surface area contributed by atoms with Crippen molar-refractivity contribution in [2.75, 3.05) is 33.7 Å². The Morgan fingerprint density at radius 1 is 1.50 bits per heavy atom. The standard InChI is InChI=1S/C15H18FNO3/c1-18-11-20-9-12-8-19-7-6-15(12,10-17)13-4-2-3-5-14(13)16/h2-5,12H,6-9,11H2,1H3/t12?,15-/m0/s1. The molecule has 0 radical (unpaired) electrons. The van der Waals surface area contributed by atoms with Gasteiger partial charge in [0.2, 0.25) is 0 Å². The summed E-state index contributed by atoms with van der Waals surface area (Å²) in [4.78, 5) is 0. The molecule has 0 aliphatic carbocycles. The Morgan fingerprint density at radius 3 is 3.00 bits per heavy atom. The molecule has 1 aliphatic heterocycles. The van der Waals surface area contributed by atoms with Crippen LogP contribution in [0.4, 0.5) is 4.39 Å². The highest BCUT2D eigenvalue weighted by Crippen LogP contribution is 2.40. The number of methoxy groups -OCH3 is 1. The van der Waals surface area contributed by atoms with Gasteiger partial charge in [-0.05, 0) is 12.5 Å². The Balaban J connectivity index is 2.30. The van der Waals surface area contributed by atoms with Crippen molar-refractivity contribution < 1.29 is 18.6 Å². The average molecular weight is 279 g/mol. The largest absolute Gasteiger partial charge is 0.381 e. The number of halogens is 1. The van der Waals surface area contributed by atoms with E-state index in [1.165, 1.54) is 13.2 Å². The number of rotatable bonds is 5. The van der Waals surface area contributed by atoms with Gasteiger partial charge in [0, 0.05) is 25.2 Å². The molecular weight excluding hydrogens is 261 g/mol. The van der Waals surface area contributed by atoms with Crippen LogP contribution in [0.25, 0.3) is 0 Å². The highest BCUT2D eigenvalue weighted by Gasteiger charge is 2.45. The minimum absolute atomic E-state index is 0.148. The zero-order valence-electron chi connectivity index (χ0n) is 11.5. The molecule has 2 rings (SSSR count). The second kappa shape index (κ2) is 6.80. The van der Waals surface area contributed by atoms with Crippen molar-refractivity contribution in [2.24, 2.45) is 5.92 Å². The highest BCUT2D eigenvalue weighted by atomic mass is 19.1.